The second-order valence-corrected chi connectivity index (χ2v) is 4.20. The zero-order chi connectivity index (χ0) is 13.8. The molecule has 1 atom stereocenters. The molecule has 1 fully saturated rings. The van der Waals surface area contributed by atoms with E-state index in [9.17, 15) is 18.4 Å². The molecule has 0 aromatic rings. The number of rotatable bonds is 4. The first-order chi connectivity index (χ1) is 8.35. The third-order valence-corrected chi connectivity index (χ3v) is 2.90. The molecule has 0 aromatic carbocycles. The van der Waals surface area contributed by atoms with Gasteiger partial charge in [0.15, 0.2) is 6.10 Å². The van der Waals surface area contributed by atoms with Crippen molar-refractivity contribution in [2.75, 3.05) is 0 Å². The third kappa shape index (κ3) is 3.89. The van der Waals surface area contributed by atoms with Gasteiger partial charge in [0, 0.05) is 18.8 Å². The van der Waals surface area contributed by atoms with E-state index >= 15 is 0 Å². The lowest BCUT2D eigenvalue weighted by atomic mass is 9.82. The van der Waals surface area contributed by atoms with E-state index in [2.05, 4.69) is 9.53 Å². The van der Waals surface area contributed by atoms with Crippen LogP contribution in [0.4, 0.5) is 13.6 Å². The number of ether oxygens (including phenoxy) is 1. The molecule has 0 aromatic heterocycles. The van der Waals surface area contributed by atoms with Crippen molar-refractivity contribution in [2.24, 2.45) is 11.7 Å². The molecule has 0 saturated heterocycles. The Balaban J connectivity index is 2.75. The topological polar surface area (TPSA) is 106 Å². The fraction of sp³-hybridized carbons (Fsp3) is 0.700. The van der Waals surface area contributed by atoms with E-state index in [4.69, 9.17) is 11.3 Å². The van der Waals surface area contributed by atoms with Crippen LogP contribution in [0.2, 0.25) is 0 Å². The number of carbonyl (C=O) groups excluding carboxylic acids is 2. The molecule has 1 amide bonds. The molecule has 100 valence electrons. The number of alkyl halides is 2. The van der Waals surface area contributed by atoms with E-state index in [1.54, 1.807) is 0 Å². The molecule has 0 heterocycles. The predicted octanol–water partition coefficient (Wildman–Crippen LogP) is 1.15. The number of amides is 1. The average molecular weight is 261 g/mol. The van der Waals surface area contributed by atoms with E-state index < -0.39 is 29.8 Å². The fourth-order valence-electron chi connectivity index (χ4n) is 2.01. The molecule has 0 spiro atoms. The first-order valence-electron chi connectivity index (χ1n) is 5.41. The molecular weight excluding hydrogens is 248 g/mol. The highest BCUT2D eigenvalue weighted by Crippen LogP contribution is 2.38. The van der Waals surface area contributed by atoms with Gasteiger partial charge in [-0.1, -0.05) is 0 Å². The van der Waals surface area contributed by atoms with E-state index in [0.29, 0.717) is 6.21 Å². The first-order valence-corrected chi connectivity index (χ1v) is 5.41. The molecule has 1 saturated carbocycles. The van der Waals surface area contributed by atoms with Gasteiger partial charge in [0.05, 0.1) is 0 Å². The highest BCUT2D eigenvalue weighted by molar-refractivity contribution is 6.27. The zero-order valence-electron chi connectivity index (χ0n) is 9.51. The van der Waals surface area contributed by atoms with Gasteiger partial charge in [-0.15, -0.1) is 0 Å². The average Bonchev–Trinajstić information content (AvgIpc) is 2.26. The zero-order valence-corrected chi connectivity index (χ0v) is 9.51. The summed E-state index contributed by atoms with van der Waals surface area (Å²) in [6.07, 6.45) is -2.54. The minimum atomic E-state index is -2.75. The minimum absolute atomic E-state index is 0.0377. The molecule has 1 rings (SSSR count). The Morgan fingerprint density at radius 1 is 1.44 bits per heavy atom. The summed E-state index contributed by atoms with van der Waals surface area (Å²) in [4.78, 5) is 24.7. The minimum Gasteiger partial charge on any atom is -0.437 e. The van der Waals surface area contributed by atoms with Crippen LogP contribution < -0.4 is 5.73 Å². The van der Waals surface area contributed by atoms with Crippen molar-refractivity contribution in [1.82, 2.24) is 0 Å². The Morgan fingerprint density at radius 2 is 2.00 bits per heavy atom. The number of nitrogens with two attached hydrogens (primary N) is 1. The molecule has 1 aliphatic rings. The van der Waals surface area contributed by atoms with Crippen LogP contribution in [0.1, 0.15) is 25.7 Å². The summed E-state index contributed by atoms with van der Waals surface area (Å²) in [5.74, 6) is -4.06. The molecule has 8 heteroatoms. The van der Waals surface area contributed by atoms with Crippen molar-refractivity contribution in [3.8, 4) is 0 Å². The summed E-state index contributed by atoms with van der Waals surface area (Å²) in [5.41, 5.74) is 13.1. The van der Waals surface area contributed by atoms with Crippen molar-refractivity contribution in [2.45, 2.75) is 37.7 Å². The molecule has 0 aliphatic heterocycles. The number of hydrogen-bond acceptors (Lipinski definition) is 3. The van der Waals surface area contributed by atoms with E-state index in [-0.39, 0.29) is 25.7 Å². The van der Waals surface area contributed by atoms with Crippen molar-refractivity contribution in [1.29, 1.82) is 0 Å². The van der Waals surface area contributed by atoms with Crippen LogP contribution in [0.5, 0.6) is 0 Å². The first kappa shape index (κ1) is 14.2. The van der Waals surface area contributed by atoms with E-state index in [0.717, 1.165) is 0 Å². The largest absolute Gasteiger partial charge is 0.437 e. The quantitative estimate of drug-likeness (QED) is 0.466. The molecule has 6 nitrogen and oxygen atoms in total. The van der Waals surface area contributed by atoms with Gasteiger partial charge in [-0.25, -0.2) is 13.6 Å². The predicted molar refractivity (Wildman–Crippen MR) is 56.1 cm³/mol. The molecule has 0 unspecified atom stereocenters. The number of primary amides is 1. The number of nitrogens with zero attached hydrogens (tertiary/aromatic N) is 2. The van der Waals surface area contributed by atoms with Crippen LogP contribution in [0.3, 0.4) is 0 Å². The van der Waals surface area contributed by atoms with Gasteiger partial charge in [0.2, 0.25) is 5.92 Å². The van der Waals surface area contributed by atoms with Crippen molar-refractivity contribution < 1.29 is 27.9 Å². The fourth-order valence-corrected chi connectivity index (χ4v) is 2.01. The van der Waals surface area contributed by atoms with Crippen molar-refractivity contribution >= 4 is 18.1 Å². The molecule has 18 heavy (non-hydrogen) atoms. The number of ketones is 1. The second-order valence-electron chi connectivity index (χ2n) is 4.20. The van der Waals surface area contributed by atoms with Crippen LogP contribution in [0.15, 0.2) is 0 Å². The van der Waals surface area contributed by atoms with Gasteiger partial charge in [0.25, 0.3) is 5.78 Å². The number of Topliss-reactive ketones (excluding diaryl/α,β-unsaturated/α-hetero) is 1. The summed E-state index contributed by atoms with van der Waals surface area (Å²) in [6.45, 7) is 0. The smallest absolute Gasteiger partial charge is 0.405 e. The van der Waals surface area contributed by atoms with Crippen LogP contribution in [0, 0.1) is 5.92 Å². The highest BCUT2D eigenvalue weighted by Gasteiger charge is 2.41. The Bertz CT molecular complexity index is 384. The molecule has 0 bridgehead atoms. The molecule has 2 N–H and O–H groups in total. The van der Waals surface area contributed by atoms with Gasteiger partial charge < -0.3 is 16.0 Å². The van der Waals surface area contributed by atoms with Crippen molar-refractivity contribution in [3.05, 3.63) is 5.53 Å². The van der Waals surface area contributed by atoms with Gasteiger partial charge in [-0.2, -0.15) is 4.79 Å². The van der Waals surface area contributed by atoms with E-state index in [1.165, 1.54) is 0 Å². The number of carbonyl (C=O) groups is 2. The van der Waals surface area contributed by atoms with Gasteiger partial charge >= 0.3 is 12.3 Å². The maximum atomic E-state index is 13.0. The summed E-state index contributed by atoms with van der Waals surface area (Å²) >= 11 is 0. The normalized spacial score (nSPS) is 20.6. The second kappa shape index (κ2) is 5.68. The van der Waals surface area contributed by atoms with Crippen LogP contribution >= 0.6 is 0 Å². The number of halogens is 2. The Labute approximate surface area is 102 Å². The monoisotopic (exact) mass is 261 g/mol. The molecule has 0 radical (unpaired) electrons. The summed E-state index contributed by atoms with van der Waals surface area (Å²) < 4.78 is 30.6. The van der Waals surface area contributed by atoms with Crippen molar-refractivity contribution in [3.63, 3.8) is 0 Å². The van der Waals surface area contributed by atoms with Gasteiger partial charge in [0.1, 0.15) is 0 Å². The Morgan fingerprint density at radius 3 is 2.44 bits per heavy atom. The van der Waals surface area contributed by atoms with Gasteiger partial charge in [-0.3, -0.25) is 4.79 Å². The maximum absolute atomic E-state index is 13.0. The lowest BCUT2D eigenvalue weighted by molar-refractivity contribution is -0.129. The lowest BCUT2D eigenvalue weighted by Crippen LogP contribution is -2.40. The standard InChI is InChI=1S/C10H13F2N3O3/c11-10(12)3-1-6(2-4-10)8(18-9(13)17)7(16)5-15-14/h5-6,8H,1-4H2,(H2,13,17)/t8-/m0/s1. The Kier molecular flexibility index (Phi) is 4.49. The van der Waals surface area contributed by atoms with Gasteiger partial charge in [-0.05, 0) is 12.8 Å². The highest BCUT2D eigenvalue weighted by atomic mass is 19.3. The summed E-state index contributed by atoms with van der Waals surface area (Å²) in [7, 11) is 0. The summed E-state index contributed by atoms with van der Waals surface area (Å²) in [6, 6.07) is 0. The third-order valence-electron chi connectivity index (χ3n) is 2.90. The SMILES string of the molecule is [N-]=[N+]=CC(=O)[C@@H](OC(N)=O)C1CCC(F)(F)CC1. The maximum Gasteiger partial charge on any atom is 0.405 e. The molecular formula is C10H13F2N3O3. The Hall–Kier alpha value is -1.82. The lowest BCUT2D eigenvalue weighted by Gasteiger charge is -2.31. The van der Waals surface area contributed by atoms with Crippen LogP contribution in [-0.4, -0.2) is 34.9 Å². The molecule has 1 aliphatic carbocycles. The summed E-state index contributed by atoms with van der Waals surface area (Å²) in [5, 5.41) is 0. The number of hydrogen-bond donors (Lipinski definition) is 1. The van der Waals surface area contributed by atoms with Crippen LogP contribution in [-0.2, 0) is 9.53 Å². The van der Waals surface area contributed by atoms with E-state index in [1.807, 2.05) is 0 Å². The van der Waals surface area contributed by atoms with Crippen LogP contribution in [0.25, 0.3) is 5.53 Å².